The normalized spacial score (nSPS) is 19.8. The SMILES string of the molecule is Cc1cc(NC(=O)C(=O)C2CC(C)(C)CCC[C@@H]2c2ccccc2)cnc1NC(=O)OC(C)(C)C. The summed E-state index contributed by atoms with van der Waals surface area (Å²) < 4.78 is 5.26. The molecule has 2 N–H and O–H groups in total. The van der Waals surface area contributed by atoms with Crippen molar-refractivity contribution in [2.24, 2.45) is 11.3 Å². The van der Waals surface area contributed by atoms with Crippen LogP contribution in [0.5, 0.6) is 0 Å². The van der Waals surface area contributed by atoms with E-state index in [1.807, 2.05) is 30.3 Å². The lowest BCUT2D eigenvalue weighted by molar-refractivity contribution is -0.138. The fourth-order valence-electron chi connectivity index (χ4n) is 4.75. The van der Waals surface area contributed by atoms with Gasteiger partial charge in [0.15, 0.2) is 0 Å². The van der Waals surface area contributed by atoms with Crippen LogP contribution in [0.1, 0.15) is 77.3 Å². The topological polar surface area (TPSA) is 97.4 Å². The molecule has 0 aliphatic heterocycles. The average Bonchev–Trinajstić information content (AvgIpc) is 2.92. The number of ketones is 1. The van der Waals surface area contributed by atoms with Gasteiger partial charge in [-0.1, -0.05) is 50.6 Å². The summed E-state index contributed by atoms with van der Waals surface area (Å²) in [6.45, 7) is 11.4. The van der Waals surface area contributed by atoms with E-state index >= 15 is 0 Å². The minimum atomic E-state index is -0.636. The van der Waals surface area contributed by atoms with Gasteiger partial charge < -0.3 is 10.1 Å². The third-order valence-electron chi connectivity index (χ3n) is 6.37. The summed E-state index contributed by atoms with van der Waals surface area (Å²) in [5.74, 6) is -1.09. The number of hydrogen-bond donors (Lipinski definition) is 2. The second-order valence-electron chi connectivity index (χ2n) is 11.2. The van der Waals surface area contributed by atoms with E-state index in [2.05, 4.69) is 29.5 Å². The smallest absolute Gasteiger partial charge is 0.413 e. The van der Waals surface area contributed by atoms with E-state index < -0.39 is 29.3 Å². The average molecular weight is 480 g/mol. The molecule has 1 saturated carbocycles. The molecule has 2 aromatic rings. The highest BCUT2D eigenvalue weighted by Crippen LogP contribution is 2.44. The molecule has 1 aliphatic rings. The first kappa shape index (κ1) is 26.4. The summed E-state index contributed by atoms with van der Waals surface area (Å²) in [6.07, 6.45) is 4.40. The molecule has 0 spiro atoms. The summed E-state index contributed by atoms with van der Waals surface area (Å²) in [7, 11) is 0. The summed E-state index contributed by atoms with van der Waals surface area (Å²) in [5.41, 5.74) is 1.50. The van der Waals surface area contributed by atoms with Crippen LogP contribution >= 0.6 is 0 Å². The molecule has 7 nitrogen and oxygen atoms in total. The van der Waals surface area contributed by atoms with Gasteiger partial charge in [-0.05, 0) is 75.5 Å². The van der Waals surface area contributed by atoms with Crippen molar-refractivity contribution in [3.63, 3.8) is 0 Å². The lowest BCUT2D eigenvalue weighted by Crippen LogP contribution is -2.34. The number of nitrogens with zero attached hydrogens (tertiary/aromatic N) is 1. The molecule has 1 aliphatic carbocycles. The van der Waals surface area contributed by atoms with Crippen LogP contribution in [-0.4, -0.2) is 28.4 Å². The van der Waals surface area contributed by atoms with Crippen LogP contribution in [0.15, 0.2) is 42.6 Å². The van der Waals surface area contributed by atoms with Crippen molar-refractivity contribution in [2.45, 2.75) is 78.7 Å². The van der Waals surface area contributed by atoms with Gasteiger partial charge in [0.1, 0.15) is 11.4 Å². The number of hydrogen-bond acceptors (Lipinski definition) is 5. The molecular weight excluding hydrogens is 442 g/mol. The van der Waals surface area contributed by atoms with Crippen LogP contribution in [0.25, 0.3) is 0 Å². The van der Waals surface area contributed by atoms with E-state index in [1.54, 1.807) is 33.8 Å². The highest BCUT2D eigenvalue weighted by atomic mass is 16.6. The monoisotopic (exact) mass is 479 g/mol. The highest BCUT2D eigenvalue weighted by molar-refractivity contribution is 6.41. The molecule has 35 heavy (non-hydrogen) atoms. The van der Waals surface area contributed by atoms with Crippen LogP contribution < -0.4 is 10.6 Å². The number of carbonyl (C=O) groups excluding carboxylic acids is 3. The van der Waals surface area contributed by atoms with E-state index in [0.29, 0.717) is 23.5 Å². The Morgan fingerprint density at radius 2 is 1.77 bits per heavy atom. The number of rotatable bonds is 5. The first-order valence-corrected chi connectivity index (χ1v) is 12.2. The number of pyridine rings is 1. The molecule has 1 aromatic heterocycles. The molecule has 1 fully saturated rings. The van der Waals surface area contributed by atoms with Gasteiger partial charge in [0.2, 0.25) is 5.78 Å². The number of Topliss-reactive ketones (excluding diaryl/α,β-unsaturated/α-hetero) is 1. The molecule has 0 saturated heterocycles. The van der Waals surface area contributed by atoms with Crippen LogP contribution in [0.2, 0.25) is 0 Å². The van der Waals surface area contributed by atoms with Gasteiger partial charge in [-0.15, -0.1) is 0 Å². The first-order valence-electron chi connectivity index (χ1n) is 12.2. The maximum absolute atomic E-state index is 13.5. The number of aromatic nitrogens is 1. The second-order valence-corrected chi connectivity index (χ2v) is 11.2. The lowest BCUT2D eigenvalue weighted by atomic mass is 9.74. The van der Waals surface area contributed by atoms with Crippen molar-refractivity contribution in [3.05, 3.63) is 53.7 Å². The van der Waals surface area contributed by atoms with Gasteiger partial charge >= 0.3 is 6.09 Å². The predicted molar refractivity (Wildman–Crippen MR) is 137 cm³/mol. The second kappa shape index (κ2) is 10.6. The molecule has 188 valence electrons. The van der Waals surface area contributed by atoms with E-state index in [1.165, 1.54) is 6.20 Å². The van der Waals surface area contributed by atoms with E-state index in [-0.39, 0.29) is 11.3 Å². The molecule has 0 radical (unpaired) electrons. The molecular formula is C28H37N3O4. The number of nitrogens with one attached hydrogen (secondary N) is 2. The first-order chi connectivity index (χ1) is 16.3. The van der Waals surface area contributed by atoms with Gasteiger partial charge in [-0.25, -0.2) is 9.78 Å². The summed E-state index contributed by atoms with van der Waals surface area (Å²) in [4.78, 5) is 42.8. The van der Waals surface area contributed by atoms with E-state index in [4.69, 9.17) is 4.74 Å². The number of anilines is 2. The van der Waals surface area contributed by atoms with E-state index in [0.717, 1.165) is 24.8 Å². The number of benzene rings is 1. The summed E-state index contributed by atoms with van der Waals surface area (Å²) >= 11 is 0. The van der Waals surface area contributed by atoms with Crippen molar-refractivity contribution in [3.8, 4) is 0 Å². The minimum Gasteiger partial charge on any atom is -0.444 e. The predicted octanol–water partition coefficient (Wildman–Crippen LogP) is 6.24. The summed E-state index contributed by atoms with van der Waals surface area (Å²) in [6, 6.07) is 11.7. The Labute approximate surface area is 208 Å². The quantitative estimate of drug-likeness (QED) is 0.390. The Morgan fingerprint density at radius 1 is 1.09 bits per heavy atom. The zero-order valence-electron chi connectivity index (χ0n) is 21.6. The van der Waals surface area contributed by atoms with Crippen LogP contribution in [0.4, 0.5) is 16.3 Å². The molecule has 2 atom stereocenters. The maximum Gasteiger partial charge on any atom is 0.413 e. The molecule has 1 unspecified atom stereocenters. The zero-order chi connectivity index (χ0) is 25.8. The molecule has 2 amide bonds. The van der Waals surface area contributed by atoms with Gasteiger partial charge in [-0.3, -0.25) is 14.9 Å². The zero-order valence-corrected chi connectivity index (χ0v) is 21.6. The summed E-state index contributed by atoms with van der Waals surface area (Å²) in [5, 5.41) is 5.33. The van der Waals surface area contributed by atoms with Crippen molar-refractivity contribution >= 4 is 29.3 Å². The molecule has 7 heteroatoms. The molecule has 1 aromatic carbocycles. The van der Waals surface area contributed by atoms with Crippen molar-refractivity contribution in [2.75, 3.05) is 10.6 Å². The Kier molecular flexibility index (Phi) is 7.98. The van der Waals surface area contributed by atoms with Crippen LogP contribution in [0.3, 0.4) is 0 Å². The fourth-order valence-corrected chi connectivity index (χ4v) is 4.75. The fraction of sp³-hybridized carbons (Fsp3) is 0.500. The van der Waals surface area contributed by atoms with Crippen molar-refractivity contribution in [1.82, 2.24) is 4.98 Å². The number of ether oxygens (including phenoxy) is 1. The Morgan fingerprint density at radius 3 is 2.40 bits per heavy atom. The number of carbonyl (C=O) groups is 3. The van der Waals surface area contributed by atoms with Gasteiger partial charge in [0, 0.05) is 5.92 Å². The van der Waals surface area contributed by atoms with Gasteiger partial charge in [-0.2, -0.15) is 0 Å². The van der Waals surface area contributed by atoms with Gasteiger partial charge in [0.05, 0.1) is 11.9 Å². The molecule has 1 heterocycles. The third-order valence-corrected chi connectivity index (χ3v) is 6.37. The highest BCUT2D eigenvalue weighted by Gasteiger charge is 2.39. The van der Waals surface area contributed by atoms with Crippen LogP contribution in [-0.2, 0) is 14.3 Å². The van der Waals surface area contributed by atoms with Crippen LogP contribution in [0, 0.1) is 18.3 Å². The standard InChI is InChI=1S/C28H37N3O4/c1-18-15-20(17-29-24(18)31-26(34)35-27(2,3)4)30-25(33)23(32)22-16-28(5,6)14-10-13-21(22)19-11-8-7-9-12-19/h7-9,11-12,15,17,21-22H,10,13-14,16H2,1-6H3,(H,30,33)(H,29,31,34)/t21-,22?/m1/s1. The minimum absolute atomic E-state index is 0.0106. The van der Waals surface area contributed by atoms with E-state index in [9.17, 15) is 14.4 Å². The molecule has 3 rings (SSSR count). The molecule has 0 bridgehead atoms. The Hall–Kier alpha value is -3.22. The number of amides is 2. The Bertz CT molecular complexity index is 1070. The maximum atomic E-state index is 13.5. The van der Waals surface area contributed by atoms with Gasteiger partial charge in [0.25, 0.3) is 5.91 Å². The largest absolute Gasteiger partial charge is 0.444 e. The van der Waals surface area contributed by atoms with Crippen molar-refractivity contribution < 1.29 is 19.1 Å². The Balaban J connectivity index is 1.75. The third kappa shape index (κ3) is 7.38. The van der Waals surface area contributed by atoms with Crippen molar-refractivity contribution in [1.29, 1.82) is 0 Å². The lowest BCUT2D eigenvalue weighted by Gasteiger charge is -2.29. The number of aryl methyl sites for hydroxylation is 1.